The van der Waals surface area contributed by atoms with E-state index >= 15 is 0 Å². The van der Waals surface area contributed by atoms with Gasteiger partial charge in [0.05, 0.1) is 5.56 Å². The van der Waals surface area contributed by atoms with Crippen LogP contribution in [0.4, 0.5) is 4.79 Å². The molecule has 1 heterocycles. The molecule has 0 aliphatic carbocycles. The van der Waals surface area contributed by atoms with Crippen molar-refractivity contribution in [3.8, 4) is 0 Å². The minimum Gasteiger partial charge on any atom is -0.478 e. The fraction of sp³-hybridized carbons (Fsp3) is 0.476. The van der Waals surface area contributed by atoms with Crippen molar-refractivity contribution >= 4 is 28.9 Å². The minimum absolute atomic E-state index is 0.249. The molecule has 2 amide bonds. The number of carboxylic acids is 1. The Morgan fingerprint density at radius 2 is 1.93 bits per heavy atom. The van der Waals surface area contributed by atoms with E-state index in [1.54, 1.807) is 39.0 Å². The maximum atomic E-state index is 12.3. The third-order valence-corrected chi connectivity index (χ3v) is 4.26. The molecule has 4 N–H and O–H groups in total. The summed E-state index contributed by atoms with van der Waals surface area (Å²) in [4.78, 5) is 38.4. The van der Waals surface area contributed by atoms with Crippen LogP contribution in [0.25, 0.3) is 10.9 Å². The van der Waals surface area contributed by atoms with Gasteiger partial charge in [0.2, 0.25) is 5.91 Å². The highest BCUT2D eigenvalue weighted by Gasteiger charge is 2.22. The molecule has 0 radical (unpaired) electrons. The number of carboxylic acid groups (broad SMARTS) is 1. The molecule has 1 aromatic heterocycles. The van der Waals surface area contributed by atoms with Gasteiger partial charge in [0.1, 0.15) is 11.6 Å². The van der Waals surface area contributed by atoms with Crippen molar-refractivity contribution in [1.82, 2.24) is 15.6 Å². The molecule has 0 spiro atoms. The highest BCUT2D eigenvalue weighted by atomic mass is 16.6. The summed E-state index contributed by atoms with van der Waals surface area (Å²) < 4.78 is 5.18. The van der Waals surface area contributed by atoms with E-state index in [-0.39, 0.29) is 11.5 Å². The molecule has 0 saturated heterocycles. The van der Waals surface area contributed by atoms with E-state index in [1.165, 1.54) is 0 Å². The zero-order chi connectivity index (χ0) is 21.6. The number of nitrogens with one attached hydrogen (secondary N) is 3. The number of aromatic carboxylic acids is 1. The number of benzene rings is 1. The fourth-order valence-electron chi connectivity index (χ4n) is 2.88. The molecule has 0 aliphatic heterocycles. The number of hydrogen-bond donors (Lipinski definition) is 4. The Bertz CT molecular complexity index is 882. The first kappa shape index (κ1) is 22.3. The molecule has 8 heteroatoms. The first-order chi connectivity index (χ1) is 13.6. The quantitative estimate of drug-likeness (QED) is 0.504. The lowest BCUT2D eigenvalue weighted by Gasteiger charge is -2.22. The van der Waals surface area contributed by atoms with Gasteiger partial charge in [0, 0.05) is 23.1 Å². The molecule has 29 heavy (non-hydrogen) atoms. The normalized spacial score (nSPS) is 12.4. The number of carbonyl (C=O) groups is 3. The number of carbonyl (C=O) groups excluding carboxylic acids is 2. The second-order valence-electron chi connectivity index (χ2n) is 7.90. The number of aryl methyl sites for hydroxylation is 1. The predicted molar refractivity (Wildman–Crippen MR) is 110 cm³/mol. The van der Waals surface area contributed by atoms with Crippen molar-refractivity contribution in [3.05, 3.63) is 35.5 Å². The van der Waals surface area contributed by atoms with Crippen molar-refractivity contribution in [2.75, 3.05) is 6.54 Å². The predicted octanol–water partition coefficient (Wildman–Crippen LogP) is 3.22. The van der Waals surface area contributed by atoms with E-state index in [9.17, 15) is 14.4 Å². The lowest BCUT2D eigenvalue weighted by Crippen LogP contribution is -2.48. The van der Waals surface area contributed by atoms with Gasteiger partial charge in [0.25, 0.3) is 0 Å². The Kier molecular flexibility index (Phi) is 7.25. The lowest BCUT2D eigenvalue weighted by atomic mass is 10.1. The molecule has 158 valence electrons. The van der Waals surface area contributed by atoms with Crippen LogP contribution in [0.2, 0.25) is 0 Å². The number of amides is 2. The third kappa shape index (κ3) is 6.81. The molecule has 1 unspecified atom stereocenters. The number of hydrogen-bond acceptors (Lipinski definition) is 4. The van der Waals surface area contributed by atoms with E-state index < -0.39 is 23.7 Å². The largest absolute Gasteiger partial charge is 0.478 e. The molecule has 2 rings (SSSR count). The van der Waals surface area contributed by atoms with Crippen LogP contribution in [0.5, 0.6) is 0 Å². The zero-order valence-electron chi connectivity index (χ0n) is 17.3. The maximum Gasteiger partial charge on any atom is 0.408 e. The van der Waals surface area contributed by atoms with E-state index in [4.69, 9.17) is 9.84 Å². The fourth-order valence-corrected chi connectivity index (χ4v) is 2.88. The summed E-state index contributed by atoms with van der Waals surface area (Å²) in [7, 11) is 0. The van der Waals surface area contributed by atoms with E-state index in [2.05, 4.69) is 15.6 Å². The number of H-pyrrole nitrogens is 1. The van der Waals surface area contributed by atoms with Gasteiger partial charge in [-0.25, -0.2) is 9.59 Å². The Morgan fingerprint density at radius 3 is 2.55 bits per heavy atom. The lowest BCUT2D eigenvalue weighted by molar-refractivity contribution is -0.123. The molecule has 0 aliphatic rings. The number of ether oxygens (including phenoxy) is 1. The maximum absolute atomic E-state index is 12.3. The molecule has 0 saturated carbocycles. The topological polar surface area (TPSA) is 121 Å². The number of aromatic amines is 1. The van der Waals surface area contributed by atoms with Crippen LogP contribution >= 0.6 is 0 Å². The highest BCUT2D eigenvalue weighted by molar-refractivity contribution is 5.93. The van der Waals surface area contributed by atoms with Gasteiger partial charge in [-0.3, -0.25) is 4.79 Å². The highest BCUT2D eigenvalue weighted by Crippen LogP contribution is 2.18. The monoisotopic (exact) mass is 403 g/mol. The van der Waals surface area contributed by atoms with Crippen molar-refractivity contribution in [3.63, 3.8) is 0 Å². The van der Waals surface area contributed by atoms with Crippen LogP contribution in [0, 0.1) is 0 Å². The van der Waals surface area contributed by atoms with Crippen LogP contribution in [-0.4, -0.2) is 46.2 Å². The van der Waals surface area contributed by atoms with Crippen molar-refractivity contribution in [1.29, 1.82) is 0 Å². The summed E-state index contributed by atoms with van der Waals surface area (Å²) >= 11 is 0. The smallest absolute Gasteiger partial charge is 0.408 e. The van der Waals surface area contributed by atoms with Gasteiger partial charge in [-0.2, -0.15) is 0 Å². The molecule has 0 fully saturated rings. The molecule has 1 atom stereocenters. The van der Waals surface area contributed by atoms with Crippen molar-refractivity contribution < 1.29 is 24.2 Å². The summed E-state index contributed by atoms with van der Waals surface area (Å²) in [5, 5.41) is 15.3. The summed E-state index contributed by atoms with van der Waals surface area (Å²) in [5.74, 6) is -1.20. The zero-order valence-corrected chi connectivity index (χ0v) is 17.3. The van der Waals surface area contributed by atoms with Crippen LogP contribution < -0.4 is 10.6 Å². The van der Waals surface area contributed by atoms with Crippen LogP contribution in [0.1, 0.15) is 56.6 Å². The van der Waals surface area contributed by atoms with Crippen LogP contribution in [-0.2, 0) is 16.0 Å². The second-order valence-corrected chi connectivity index (χ2v) is 7.90. The molecule has 2 aromatic rings. The average molecular weight is 403 g/mol. The Balaban J connectivity index is 1.81. The summed E-state index contributed by atoms with van der Waals surface area (Å²) in [5.41, 5.74) is 1.47. The van der Waals surface area contributed by atoms with Gasteiger partial charge < -0.3 is 25.5 Å². The van der Waals surface area contributed by atoms with E-state index in [1.807, 2.05) is 13.0 Å². The standard InChI is InChI=1S/C21H29N3O5/c1-5-16(24-20(28)29-21(2,3)4)18(25)22-10-6-7-15-12-14-11-13(19(26)27)8-9-17(14)23-15/h8-9,11-12,16,23H,5-7,10H2,1-4H3,(H,22,25)(H,24,28)(H,26,27). The molecular weight excluding hydrogens is 374 g/mol. The third-order valence-electron chi connectivity index (χ3n) is 4.26. The Hall–Kier alpha value is -3.03. The van der Waals surface area contributed by atoms with Crippen LogP contribution in [0.3, 0.4) is 0 Å². The van der Waals surface area contributed by atoms with E-state index in [0.29, 0.717) is 25.8 Å². The molecule has 8 nitrogen and oxygen atoms in total. The van der Waals surface area contributed by atoms with Gasteiger partial charge in [-0.1, -0.05) is 6.92 Å². The molecular formula is C21H29N3O5. The first-order valence-electron chi connectivity index (χ1n) is 9.71. The summed E-state index contributed by atoms with van der Waals surface area (Å²) in [6.45, 7) is 7.57. The SMILES string of the molecule is CCC(NC(=O)OC(C)(C)C)C(=O)NCCCc1cc2cc(C(=O)O)ccc2[nH]1. The second kappa shape index (κ2) is 9.45. The number of alkyl carbamates (subject to hydrolysis) is 1. The average Bonchev–Trinajstić information content (AvgIpc) is 3.03. The van der Waals surface area contributed by atoms with Crippen molar-refractivity contribution in [2.45, 2.75) is 58.6 Å². The van der Waals surface area contributed by atoms with Gasteiger partial charge in [-0.05, 0) is 64.3 Å². The number of aromatic nitrogens is 1. The van der Waals surface area contributed by atoms with Gasteiger partial charge >= 0.3 is 12.1 Å². The Morgan fingerprint density at radius 1 is 1.21 bits per heavy atom. The summed E-state index contributed by atoms with van der Waals surface area (Å²) in [6, 6.07) is 6.22. The minimum atomic E-state index is -0.956. The van der Waals surface area contributed by atoms with Gasteiger partial charge in [-0.15, -0.1) is 0 Å². The first-order valence-corrected chi connectivity index (χ1v) is 9.71. The van der Waals surface area contributed by atoms with Crippen molar-refractivity contribution in [2.24, 2.45) is 0 Å². The van der Waals surface area contributed by atoms with Gasteiger partial charge in [0.15, 0.2) is 0 Å². The van der Waals surface area contributed by atoms with Crippen LogP contribution in [0.15, 0.2) is 24.3 Å². The van der Waals surface area contributed by atoms with E-state index in [0.717, 1.165) is 16.6 Å². The molecule has 0 bridgehead atoms. The molecule has 1 aromatic carbocycles. The number of rotatable bonds is 8. The summed E-state index contributed by atoms with van der Waals surface area (Å²) in [6.07, 6.45) is 1.25. The Labute approximate surface area is 170 Å². The number of fused-ring (bicyclic) bond motifs is 1.